The number of carbonyl (C=O) groups is 1. The number of likely N-dealkylation sites (N-methyl/N-ethyl adjacent to an activating group) is 1. The van der Waals surface area contributed by atoms with Gasteiger partial charge in [0.1, 0.15) is 11.6 Å². The lowest BCUT2D eigenvalue weighted by Gasteiger charge is -2.21. The average Bonchev–Trinajstić information content (AvgIpc) is 2.85. The molecule has 0 radical (unpaired) electrons. The molecule has 0 bridgehead atoms. The summed E-state index contributed by atoms with van der Waals surface area (Å²) in [5.74, 6) is 1.60. The maximum Gasteiger partial charge on any atom is 0.263 e. The largest absolute Gasteiger partial charge is 0.479 e. The number of benzene rings is 1. The molecule has 1 aromatic heterocycles. The fourth-order valence-electron chi connectivity index (χ4n) is 1.84. The molecule has 112 valence electrons. The van der Waals surface area contributed by atoms with E-state index >= 15 is 0 Å². The van der Waals surface area contributed by atoms with Crippen LogP contribution in [0.4, 0.5) is 0 Å². The molecule has 0 saturated heterocycles. The molecule has 0 saturated carbocycles. The molecule has 0 fully saturated rings. The highest BCUT2D eigenvalue weighted by atomic mass is 35.5. The van der Waals surface area contributed by atoms with E-state index in [0.717, 1.165) is 0 Å². The third-order valence-electron chi connectivity index (χ3n) is 2.89. The predicted molar refractivity (Wildman–Crippen MR) is 79.1 cm³/mol. The van der Waals surface area contributed by atoms with Gasteiger partial charge in [0.05, 0.1) is 11.6 Å². The minimum absolute atomic E-state index is 0.169. The molecule has 6 nitrogen and oxygen atoms in total. The molecule has 0 spiro atoms. The van der Waals surface area contributed by atoms with Crippen molar-refractivity contribution in [2.75, 3.05) is 7.05 Å². The van der Waals surface area contributed by atoms with Crippen LogP contribution in [0.2, 0.25) is 5.02 Å². The first-order valence-corrected chi connectivity index (χ1v) is 6.89. The zero-order valence-corrected chi connectivity index (χ0v) is 12.9. The van der Waals surface area contributed by atoms with Crippen LogP contribution in [0.15, 0.2) is 24.3 Å². The van der Waals surface area contributed by atoms with Gasteiger partial charge in [-0.25, -0.2) is 4.98 Å². The highest BCUT2D eigenvalue weighted by molar-refractivity contribution is 6.32. The van der Waals surface area contributed by atoms with Crippen molar-refractivity contribution in [3.8, 4) is 5.75 Å². The summed E-state index contributed by atoms with van der Waals surface area (Å²) in [4.78, 5) is 17.9. The maximum absolute atomic E-state index is 12.3. The normalized spacial score (nSPS) is 12.0. The van der Waals surface area contributed by atoms with Crippen molar-refractivity contribution in [2.24, 2.45) is 0 Å². The SMILES string of the molecule is Cc1nc(CN(C)C(=O)C(C)Oc2ccccc2Cl)n[nH]1. The number of halogens is 1. The maximum atomic E-state index is 12.3. The number of aromatic amines is 1. The first-order valence-electron chi connectivity index (χ1n) is 6.51. The molecule has 1 unspecified atom stereocenters. The number of rotatable bonds is 5. The second-order valence-electron chi connectivity index (χ2n) is 4.72. The Morgan fingerprint density at radius 1 is 1.48 bits per heavy atom. The van der Waals surface area contributed by atoms with Gasteiger partial charge in [0, 0.05) is 7.05 Å². The van der Waals surface area contributed by atoms with Gasteiger partial charge in [0.25, 0.3) is 5.91 Å². The van der Waals surface area contributed by atoms with E-state index in [1.54, 1.807) is 38.2 Å². The number of ether oxygens (including phenoxy) is 1. The fourth-order valence-corrected chi connectivity index (χ4v) is 2.02. The number of hydrogen-bond acceptors (Lipinski definition) is 4. The first-order chi connectivity index (χ1) is 9.97. The first kappa shape index (κ1) is 15.3. The van der Waals surface area contributed by atoms with Gasteiger partial charge in [0.2, 0.25) is 0 Å². The van der Waals surface area contributed by atoms with Crippen LogP contribution in [0.3, 0.4) is 0 Å². The van der Waals surface area contributed by atoms with Gasteiger partial charge in [0.15, 0.2) is 11.9 Å². The summed E-state index contributed by atoms with van der Waals surface area (Å²) in [6.07, 6.45) is -0.644. The van der Waals surface area contributed by atoms with Crippen molar-refractivity contribution >= 4 is 17.5 Å². The van der Waals surface area contributed by atoms with Crippen molar-refractivity contribution in [2.45, 2.75) is 26.5 Å². The minimum atomic E-state index is -0.644. The number of nitrogens with one attached hydrogen (secondary N) is 1. The second kappa shape index (κ2) is 6.58. The van der Waals surface area contributed by atoms with Crippen LogP contribution in [0.5, 0.6) is 5.75 Å². The van der Waals surface area contributed by atoms with Crippen molar-refractivity contribution in [3.63, 3.8) is 0 Å². The Morgan fingerprint density at radius 2 is 2.19 bits per heavy atom. The van der Waals surface area contributed by atoms with Gasteiger partial charge in [-0.2, -0.15) is 5.10 Å². The van der Waals surface area contributed by atoms with Crippen LogP contribution >= 0.6 is 11.6 Å². The third kappa shape index (κ3) is 3.95. The molecule has 0 aliphatic carbocycles. The van der Waals surface area contributed by atoms with Crippen molar-refractivity contribution in [1.29, 1.82) is 0 Å². The molecule has 7 heteroatoms. The Kier molecular flexibility index (Phi) is 4.80. The van der Waals surface area contributed by atoms with E-state index in [9.17, 15) is 4.79 Å². The number of para-hydroxylation sites is 1. The van der Waals surface area contributed by atoms with Crippen LogP contribution in [-0.4, -0.2) is 39.1 Å². The standard InChI is InChI=1S/C14H17ClN4O2/c1-9(21-12-7-5-4-6-11(12)15)14(20)19(3)8-13-16-10(2)17-18-13/h4-7,9H,8H2,1-3H3,(H,16,17,18). The van der Waals surface area contributed by atoms with E-state index in [-0.39, 0.29) is 5.91 Å². The summed E-state index contributed by atoms with van der Waals surface area (Å²) in [6.45, 7) is 3.81. The van der Waals surface area contributed by atoms with E-state index in [4.69, 9.17) is 16.3 Å². The van der Waals surface area contributed by atoms with E-state index in [0.29, 0.717) is 29.0 Å². The lowest BCUT2D eigenvalue weighted by molar-refractivity contribution is -0.137. The van der Waals surface area contributed by atoms with E-state index < -0.39 is 6.10 Å². The summed E-state index contributed by atoms with van der Waals surface area (Å²) in [6, 6.07) is 7.05. The van der Waals surface area contributed by atoms with Crippen LogP contribution in [0.25, 0.3) is 0 Å². The monoisotopic (exact) mass is 308 g/mol. The van der Waals surface area contributed by atoms with E-state index in [2.05, 4.69) is 15.2 Å². The Morgan fingerprint density at radius 3 is 2.81 bits per heavy atom. The summed E-state index contributed by atoms with van der Waals surface area (Å²) in [5.41, 5.74) is 0. The lowest BCUT2D eigenvalue weighted by Crippen LogP contribution is -2.37. The van der Waals surface area contributed by atoms with Gasteiger partial charge in [-0.3, -0.25) is 9.89 Å². The molecule has 2 aromatic rings. The number of nitrogens with zero attached hydrogens (tertiary/aromatic N) is 3. The predicted octanol–water partition coefficient (Wildman–Crippen LogP) is 2.19. The van der Waals surface area contributed by atoms with Crippen LogP contribution in [0.1, 0.15) is 18.6 Å². The van der Waals surface area contributed by atoms with Gasteiger partial charge in [-0.15, -0.1) is 0 Å². The van der Waals surface area contributed by atoms with Gasteiger partial charge >= 0.3 is 0 Å². The Labute approximate surface area is 128 Å². The zero-order chi connectivity index (χ0) is 15.4. The summed E-state index contributed by atoms with van der Waals surface area (Å²) in [7, 11) is 1.68. The lowest BCUT2D eigenvalue weighted by atomic mass is 10.3. The van der Waals surface area contributed by atoms with Crippen molar-refractivity contribution in [1.82, 2.24) is 20.1 Å². The Balaban J connectivity index is 1.97. The molecular weight excluding hydrogens is 292 g/mol. The molecule has 1 amide bonds. The second-order valence-corrected chi connectivity index (χ2v) is 5.13. The number of carbonyl (C=O) groups excluding carboxylic acids is 1. The molecular formula is C14H17ClN4O2. The molecule has 0 aliphatic rings. The van der Waals surface area contributed by atoms with Gasteiger partial charge < -0.3 is 9.64 Å². The average molecular weight is 309 g/mol. The topological polar surface area (TPSA) is 71.1 Å². The third-order valence-corrected chi connectivity index (χ3v) is 3.20. The van der Waals surface area contributed by atoms with Crippen LogP contribution in [-0.2, 0) is 11.3 Å². The quantitative estimate of drug-likeness (QED) is 0.919. The number of amides is 1. The molecule has 1 aromatic carbocycles. The molecule has 21 heavy (non-hydrogen) atoms. The van der Waals surface area contributed by atoms with Crippen molar-refractivity contribution in [3.05, 3.63) is 40.9 Å². The smallest absolute Gasteiger partial charge is 0.263 e. The molecule has 0 aliphatic heterocycles. The number of H-pyrrole nitrogens is 1. The molecule has 1 atom stereocenters. The minimum Gasteiger partial charge on any atom is -0.479 e. The van der Waals surface area contributed by atoms with Crippen molar-refractivity contribution < 1.29 is 9.53 Å². The Bertz CT molecular complexity index is 629. The number of aryl methyl sites for hydroxylation is 1. The highest BCUT2D eigenvalue weighted by Gasteiger charge is 2.21. The Hall–Kier alpha value is -2.08. The molecule has 1 heterocycles. The zero-order valence-electron chi connectivity index (χ0n) is 12.1. The summed E-state index contributed by atoms with van der Waals surface area (Å²) >= 11 is 6.01. The molecule has 2 rings (SSSR count). The van der Waals surface area contributed by atoms with E-state index in [1.165, 1.54) is 4.90 Å². The van der Waals surface area contributed by atoms with E-state index in [1.807, 2.05) is 6.92 Å². The van der Waals surface area contributed by atoms with Gasteiger partial charge in [-0.05, 0) is 26.0 Å². The molecule has 1 N–H and O–H groups in total. The summed E-state index contributed by atoms with van der Waals surface area (Å²) in [5, 5.41) is 7.22. The van der Waals surface area contributed by atoms with Crippen LogP contribution in [0, 0.1) is 6.92 Å². The highest BCUT2D eigenvalue weighted by Crippen LogP contribution is 2.24. The van der Waals surface area contributed by atoms with Gasteiger partial charge in [-0.1, -0.05) is 23.7 Å². The van der Waals surface area contributed by atoms with Crippen LogP contribution < -0.4 is 4.74 Å². The number of hydrogen-bond donors (Lipinski definition) is 1. The number of aromatic nitrogens is 3. The summed E-state index contributed by atoms with van der Waals surface area (Å²) < 4.78 is 5.60. The fraction of sp³-hybridized carbons (Fsp3) is 0.357.